The number of halogens is 2. The number of H-pyrrole nitrogens is 1. The summed E-state index contributed by atoms with van der Waals surface area (Å²) in [6, 6.07) is 7.03. The molecular weight excluding hydrogens is 371 g/mol. The molecule has 0 radical (unpaired) electrons. The smallest absolute Gasteiger partial charge is 0.220 e. The molecule has 0 fully saturated rings. The Morgan fingerprint density at radius 3 is 2.58 bits per heavy atom. The van der Waals surface area contributed by atoms with Crippen LogP contribution in [-0.4, -0.2) is 35.3 Å². The number of hydrogen-bond acceptors (Lipinski definition) is 3. The van der Waals surface area contributed by atoms with Crippen LogP contribution in [0.4, 0.5) is 5.69 Å². The molecule has 5 nitrogen and oxygen atoms in total. The van der Waals surface area contributed by atoms with Crippen LogP contribution in [0, 0.1) is 0 Å². The number of aliphatic imine (C=N–C) groups is 1. The zero-order valence-electron chi connectivity index (χ0n) is 14.7. The lowest BCUT2D eigenvalue weighted by atomic mass is 10.1. The molecule has 26 heavy (non-hydrogen) atoms. The van der Waals surface area contributed by atoms with Gasteiger partial charge in [0.05, 0.1) is 33.1 Å². The van der Waals surface area contributed by atoms with Crippen LogP contribution in [0.5, 0.6) is 11.6 Å². The number of hydrogen-bond donors (Lipinski definition) is 1. The van der Waals surface area contributed by atoms with E-state index in [9.17, 15) is 0 Å². The van der Waals surface area contributed by atoms with Gasteiger partial charge in [-0.2, -0.15) is 0 Å². The molecule has 134 valence electrons. The summed E-state index contributed by atoms with van der Waals surface area (Å²) >= 11 is 12.7. The van der Waals surface area contributed by atoms with E-state index in [4.69, 9.17) is 27.9 Å². The Hall–Kier alpha value is -2.50. The third kappa shape index (κ3) is 3.84. The zero-order valence-corrected chi connectivity index (χ0v) is 16.2. The van der Waals surface area contributed by atoms with Crippen LogP contribution in [0.2, 0.25) is 10.0 Å². The van der Waals surface area contributed by atoms with Crippen LogP contribution in [0.3, 0.4) is 0 Å². The summed E-state index contributed by atoms with van der Waals surface area (Å²) < 4.78 is 5.85. The van der Waals surface area contributed by atoms with Gasteiger partial charge in [0.15, 0.2) is 5.75 Å². The van der Waals surface area contributed by atoms with E-state index in [1.807, 2.05) is 38.2 Å². The first-order valence-electron chi connectivity index (χ1n) is 7.86. The molecular formula is C19H18Cl2N4O. The molecule has 0 aliphatic heterocycles. The SMILES string of the molecule is C=C(C)c1c[nH]c2ccc(Oc3c(Cl)cc(/N=C/N(C)C)cc3Cl)nc12. The van der Waals surface area contributed by atoms with Gasteiger partial charge in [-0.3, -0.25) is 0 Å². The number of aromatic nitrogens is 2. The Bertz CT molecular complexity index is 985. The van der Waals surface area contributed by atoms with E-state index in [1.54, 1.807) is 24.5 Å². The standard InChI is InChI=1S/C19H18Cl2N4O/c1-11(2)13-9-22-16-5-6-17(24-18(13)16)26-19-14(20)7-12(8-15(19)21)23-10-25(3)4/h5-10,22H,1H2,2-4H3/b23-10+. The summed E-state index contributed by atoms with van der Waals surface area (Å²) in [4.78, 5) is 13.8. The van der Waals surface area contributed by atoms with Crippen molar-refractivity contribution >= 4 is 51.8 Å². The summed E-state index contributed by atoms with van der Waals surface area (Å²) in [7, 11) is 3.76. The average molecular weight is 389 g/mol. The van der Waals surface area contributed by atoms with Gasteiger partial charge < -0.3 is 14.6 Å². The Morgan fingerprint density at radius 1 is 1.27 bits per heavy atom. The van der Waals surface area contributed by atoms with Crippen molar-refractivity contribution in [3.05, 3.63) is 52.6 Å². The number of nitrogens with one attached hydrogen (secondary N) is 1. The molecule has 0 atom stereocenters. The summed E-state index contributed by atoms with van der Waals surface area (Å²) in [5, 5.41) is 0.721. The summed E-state index contributed by atoms with van der Waals surface area (Å²) in [6.45, 7) is 5.90. The second-order valence-electron chi connectivity index (χ2n) is 6.08. The fourth-order valence-electron chi connectivity index (χ4n) is 2.37. The highest BCUT2D eigenvalue weighted by molar-refractivity contribution is 6.37. The monoisotopic (exact) mass is 388 g/mol. The average Bonchev–Trinajstić information content (AvgIpc) is 2.99. The second kappa shape index (κ2) is 7.40. The molecule has 2 aromatic heterocycles. The van der Waals surface area contributed by atoms with E-state index in [-0.39, 0.29) is 0 Å². The fraction of sp³-hybridized carbons (Fsp3) is 0.158. The topological polar surface area (TPSA) is 53.5 Å². The number of pyridine rings is 1. The van der Waals surface area contributed by atoms with Gasteiger partial charge in [-0.05, 0) is 30.7 Å². The minimum atomic E-state index is 0.344. The Kier molecular flexibility index (Phi) is 5.20. The first-order valence-corrected chi connectivity index (χ1v) is 8.62. The highest BCUT2D eigenvalue weighted by Gasteiger charge is 2.13. The van der Waals surface area contributed by atoms with Crippen LogP contribution in [0.25, 0.3) is 16.6 Å². The number of allylic oxidation sites excluding steroid dienone is 1. The molecule has 3 aromatic rings. The van der Waals surface area contributed by atoms with Crippen LogP contribution < -0.4 is 4.74 Å². The first kappa shape index (κ1) is 18.3. The van der Waals surface area contributed by atoms with Crippen molar-refractivity contribution in [1.82, 2.24) is 14.9 Å². The number of nitrogens with zero attached hydrogens (tertiary/aromatic N) is 3. The first-order chi connectivity index (χ1) is 12.3. The zero-order chi connectivity index (χ0) is 18.8. The number of aromatic amines is 1. The van der Waals surface area contributed by atoms with Gasteiger partial charge in [-0.15, -0.1) is 0 Å². The van der Waals surface area contributed by atoms with Crippen molar-refractivity contribution in [3.8, 4) is 11.6 Å². The lowest BCUT2D eigenvalue weighted by Crippen LogP contribution is -2.06. The summed E-state index contributed by atoms with van der Waals surface area (Å²) in [6.07, 6.45) is 3.55. The highest BCUT2D eigenvalue weighted by Crippen LogP contribution is 2.39. The van der Waals surface area contributed by atoms with Crippen molar-refractivity contribution < 1.29 is 4.74 Å². The van der Waals surface area contributed by atoms with E-state index < -0.39 is 0 Å². The van der Waals surface area contributed by atoms with Gasteiger partial charge >= 0.3 is 0 Å². The second-order valence-corrected chi connectivity index (χ2v) is 6.89. The molecule has 1 N–H and O–H groups in total. The lowest BCUT2D eigenvalue weighted by Gasteiger charge is -2.10. The van der Waals surface area contributed by atoms with E-state index >= 15 is 0 Å². The highest BCUT2D eigenvalue weighted by atomic mass is 35.5. The quantitative estimate of drug-likeness (QED) is 0.436. The maximum Gasteiger partial charge on any atom is 0.220 e. The van der Waals surface area contributed by atoms with Gasteiger partial charge in [0.2, 0.25) is 5.88 Å². The third-order valence-electron chi connectivity index (χ3n) is 3.58. The minimum Gasteiger partial charge on any atom is -0.436 e. The van der Waals surface area contributed by atoms with Crippen molar-refractivity contribution in [2.75, 3.05) is 14.1 Å². The molecule has 2 heterocycles. The number of rotatable bonds is 5. The Balaban J connectivity index is 1.94. The Labute approximate surface area is 161 Å². The van der Waals surface area contributed by atoms with Crippen LogP contribution in [0.15, 0.2) is 42.0 Å². The minimum absolute atomic E-state index is 0.344. The third-order valence-corrected chi connectivity index (χ3v) is 4.15. The maximum absolute atomic E-state index is 6.33. The number of ether oxygens (including phenoxy) is 1. The van der Waals surface area contributed by atoms with Gasteiger partial charge in [-0.1, -0.05) is 29.8 Å². The molecule has 0 aliphatic rings. The summed E-state index contributed by atoms with van der Waals surface area (Å²) in [5.41, 5.74) is 4.19. The largest absolute Gasteiger partial charge is 0.436 e. The van der Waals surface area contributed by atoms with Crippen molar-refractivity contribution in [3.63, 3.8) is 0 Å². The normalized spacial score (nSPS) is 11.3. The molecule has 0 bridgehead atoms. The van der Waals surface area contributed by atoms with Crippen LogP contribution in [0.1, 0.15) is 12.5 Å². The van der Waals surface area contributed by atoms with Gasteiger partial charge in [-0.25, -0.2) is 9.98 Å². The van der Waals surface area contributed by atoms with Gasteiger partial charge in [0.1, 0.15) is 0 Å². The Morgan fingerprint density at radius 2 is 1.96 bits per heavy atom. The van der Waals surface area contributed by atoms with Crippen molar-refractivity contribution in [2.45, 2.75) is 6.92 Å². The molecule has 0 saturated heterocycles. The molecule has 1 aromatic carbocycles. The molecule has 0 aliphatic carbocycles. The molecule has 7 heteroatoms. The molecule has 0 unspecified atom stereocenters. The molecule has 0 amide bonds. The van der Waals surface area contributed by atoms with Crippen molar-refractivity contribution in [1.29, 1.82) is 0 Å². The number of fused-ring (bicyclic) bond motifs is 1. The van der Waals surface area contributed by atoms with Crippen LogP contribution in [-0.2, 0) is 0 Å². The van der Waals surface area contributed by atoms with Gasteiger partial charge in [0.25, 0.3) is 0 Å². The van der Waals surface area contributed by atoms with Crippen LogP contribution >= 0.6 is 23.2 Å². The number of benzene rings is 1. The predicted molar refractivity (Wildman–Crippen MR) is 109 cm³/mol. The fourth-order valence-corrected chi connectivity index (χ4v) is 2.92. The van der Waals surface area contributed by atoms with E-state index in [1.165, 1.54) is 0 Å². The van der Waals surface area contributed by atoms with Gasteiger partial charge in [0, 0.05) is 31.9 Å². The molecule has 0 saturated carbocycles. The van der Waals surface area contributed by atoms with E-state index in [2.05, 4.69) is 21.5 Å². The maximum atomic E-state index is 6.33. The van der Waals surface area contributed by atoms with Crippen molar-refractivity contribution in [2.24, 2.45) is 4.99 Å². The summed E-state index contributed by atoms with van der Waals surface area (Å²) in [5.74, 6) is 0.740. The van der Waals surface area contributed by atoms with E-state index in [0.29, 0.717) is 27.4 Å². The lowest BCUT2D eigenvalue weighted by molar-refractivity contribution is 0.465. The molecule has 0 spiro atoms. The molecule has 3 rings (SSSR count). The predicted octanol–water partition coefficient (Wildman–Crippen LogP) is 5.92. The van der Waals surface area contributed by atoms with E-state index in [0.717, 1.165) is 22.2 Å².